The second-order valence-corrected chi connectivity index (χ2v) is 10.0. The van der Waals surface area contributed by atoms with Gasteiger partial charge < -0.3 is 50.9 Å². The average molecular weight is 561 g/mol. The number of aliphatic hydroxyl groups is 4. The first-order chi connectivity index (χ1) is 16.6. The summed E-state index contributed by atoms with van der Waals surface area (Å²) in [6.45, 7) is 6.57. The van der Waals surface area contributed by atoms with Gasteiger partial charge in [0.05, 0.1) is 13.2 Å². The predicted octanol–water partition coefficient (Wildman–Crippen LogP) is -2.80. The van der Waals surface area contributed by atoms with E-state index in [1.807, 2.05) is 0 Å². The Bertz CT molecular complexity index is 618. The van der Waals surface area contributed by atoms with Crippen LogP contribution in [0.2, 0.25) is 0 Å². The van der Waals surface area contributed by atoms with Gasteiger partial charge in [0, 0.05) is 35.9 Å². The first kappa shape index (κ1) is 40.5. The number of hydrogen-bond donors (Lipinski definition) is 6. The summed E-state index contributed by atoms with van der Waals surface area (Å²) in [5, 5.41) is 62.7. The summed E-state index contributed by atoms with van der Waals surface area (Å²) < 4.78 is 0. The number of carbonyl (C=O) groups is 4. The molecule has 0 saturated heterocycles. The Morgan fingerprint density at radius 2 is 0.946 bits per heavy atom. The fourth-order valence-corrected chi connectivity index (χ4v) is 2.64. The fraction of sp³-hybridized carbons (Fsp3) is 0.833. The van der Waals surface area contributed by atoms with Crippen LogP contribution in [0.4, 0.5) is 0 Å². The first-order valence-corrected chi connectivity index (χ1v) is 12.1. The molecule has 0 spiro atoms. The minimum atomic E-state index is -1.26. The molecule has 0 saturated carbocycles. The van der Waals surface area contributed by atoms with E-state index in [4.69, 9.17) is 10.2 Å². The van der Waals surface area contributed by atoms with Crippen molar-refractivity contribution in [2.75, 3.05) is 26.3 Å². The maximum atomic E-state index is 11.5. The van der Waals surface area contributed by atoms with Crippen molar-refractivity contribution in [3.05, 3.63) is 0 Å². The summed E-state index contributed by atoms with van der Waals surface area (Å²) in [4.78, 5) is 43.3. The summed E-state index contributed by atoms with van der Waals surface area (Å²) in [6.07, 6.45) is 1.20. The molecule has 0 aromatic carbocycles. The molecule has 0 aliphatic carbocycles. The molecule has 0 bridgehead atoms. The van der Waals surface area contributed by atoms with Crippen LogP contribution >= 0.6 is 0 Å². The fourth-order valence-electron chi connectivity index (χ4n) is 2.64. The van der Waals surface area contributed by atoms with Gasteiger partial charge >= 0.3 is 37.7 Å². The van der Waals surface area contributed by atoms with Crippen LogP contribution in [0.15, 0.2) is 0 Å². The van der Waals surface area contributed by atoms with Crippen molar-refractivity contribution in [3.63, 3.8) is 0 Å². The number of amides is 2. The number of hydrogen-bond acceptors (Lipinski definition) is 10. The Kier molecular flexibility index (Phi) is 23.9. The van der Waals surface area contributed by atoms with Crippen LogP contribution < -0.4 is 20.8 Å². The third-order valence-electron chi connectivity index (χ3n) is 5.51. The number of rotatable bonds is 18. The minimum Gasteiger partial charge on any atom is -0.550 e. The van der Waals surface area contributed by atoms with Gasteiger partial charge in [-0.3, -0.25) is 9.59 Å². The number of aliphatic hydroxyl groups excluding tert-OH is 4. The van der Waals surface area contributed by atoms with E-state index in [0.717, 1.165) is 0 Å². The second kappa shape index (κ2) is 21.9. The molecule has 0 rings (SSSR count). The van der Waals surface area contributed by atoms with Crippen LogP contribution in [0, 0.1) is 10.8 Å². The van der Waals surface area contributed by atoms with E-state index >= 15 is 0 Å². The van der Waals surface area contributed by atoms with E-state index in [9.17, 15) is 39.6 Å². The van der Waals surface area contributed by atoms with Gasteiger partial charge in [-0.05, 0) is 38.5 Å². The zero-order chi connectivity index (χ0) is 28.4. The number of carboxylic acids is 2. The smallest absolute Gasteiger partial charge is 0.550 e. The molecule has 0 fully saturated rings. The Balaban J connectivity index is -0.000000608. The maximum Gasteiger partial charge on any atom is 2.00 e. The van der Waals surface area contributed by atoms with Gasteiger partial charge in [0.15, 0.2) is 0 Å². The molecule has 0 heterocycles. The minimum absolute atomic E-state index is 0. The molecule has 0 aromatic heterocycles. The predicted molar refractivity (Wildman–Crippen MR) is 132 cm³/mol. The van der Waals surface area contributed by atoms with Crippen LogP contribution in [-0.2, 0) is 19.2 Å². The second-order valence-electron chi connectivity index (χ2n) is 10.0. The first-order valence-electron chi connectivity index (χ1n) is 12.1. The van der Waals surface area contributed by atoms with Crippen molar-refractivity contribution < 1.29 is 49.8 Å². The molecule has 37 heavy (non-hydrogen) atoms. The normalized spacial score (nSPS) is 12.8. The van der Waals surface area contributed by atoms with E-state index in [0.29, 0.717) is 51.6 Å². The standard InChI is InChI=1S/2C12H23NO5.Ca/c2*1-12(2,8-14)10(17)11(18)13-7-5-3-4-6-9(15)16;/h2*10,14,17H,3-8H2,1-2H3,(H,13,18)(H,15,16);/q;;+2/p-2. The van der Waals surface area contributed by atoms with Gasteiger partial charge in [-0.25, -0.2) is 0 Å². The van der Waals surface area contributed by atoms with Crippen LogP contribution in [0.1, 0.15) is 79.1 Å². The van der Waals surface area contributed by atoms with E-state index in [2.05, 4.69) is 10.6 Å². The molecule has 0 aliphatic heterocycles. The number of carbonyl (C=O) groups excluding carboxylic acids is 4. The zero-order valence-corrected chi connectivity index (χ0v) is 24.8. The van der Waals surface area contributed by atoms with Gasteiger partial charge in [-0.1, -0.05) is 40.5 Å². The summed E-state index contributed by atoms with van der Waals surface area (Å²) in [5.41, 5.74) is -1.75. The SMILES string of the molecule is CC(C)(CO)C(O)C(=O)NCCCCCC(=O)[O-].CC(C)(CO)C(O)C(=O)NCCCCCC(=O)[O-].[Ca+2]. The zero-order valence-electron chi connectivity index (χ0n) is 22.6. The third kappa shape index (κ3) is 20.6. The van der Waals surface area contributed by atoms with Crippen molar-refractivity contribution in [1.29, 1.82) is 0 Å². The number of nitrogens with one attached hydrogen (secondary N) is 2. The largest absolute Gasteiger partial charge is 2.00 e. The Morgan fingerprint density at radius 1 is 0.649 bits per heavy atom. The molecule has 2 atom stereocenters. The van der Waals surface area contributed by atoms with Crippen LogP contribution in [0.5, 0.6) is 0 Å². The Hall–Kier alpha value is -1.02. The monoisotopic (exact) mass is 560 g/mol. The van der Waals surface area contributed by atoms with Crippen molar-refractivity contribution in [3.8, 4) is 0 Å². The van der Waals surface area contributed by atoms with Crippen molar-refractivity contribution in [2.45, 2.75) is 91.3 Å². The number of unbranched alkanes of at least 4 members (excludes halogenated alkanes) is 4. The van der Waals surface area contributed by atoms with E-state index in [1.165, 1.54) is 0 Å². The van der Waals surface area contributed by atoms with Crippen molar-refractivity contribution >= 4 is 61.5 Å². The van der Waals surface area contributed by atoms with Gasteiger partial charge in [-0.15, -0.1) is 0 Å². The van der Waals surface area contributed by atoms with Gasteiger partial charge in [0.1, 0.15) is 12.2 Å². The van der Waals surface area contributed by atoms with E-state index in [-0.39, 0.29) is 63.8 Å². The molecular formula is C24H44CaN2O10. The molecular weight excluding hydrogens is 516 g/mol. The van der Waals surface area contributed by atoms with E-state index in [1.54, 1.807) is 27.7 Å². The van der Waals surface area contributed by atoms with Gasteiger partial charge in [0.25, 0.3) is 0 Å². The Morgan fingerprint density at radius 3 is 1.19 bits per heavy atom. The maximum absolute atomic E-state index is 11.5. The molecule has 2 unspecified atom stereocenters. The summed E-state index contributed by atoms with van der Waals surface area (Å²) in [7, 11) is 0. The van der Waals surface area contributed by atoms with Crippen LogP contribution in [-0.4, -0.2) is 120 Å². The summed E-state index contributed by atoms with van der Waals surface area (Å²) in [5.74, 6) is -3.18. The molecule has 12 nitrogen and oxygen atoms in total. The molecule has 6 N–H and O–H groups in total. The number of aliphatic carboxylic acids is 2. The summed E-state index contributed by atoms with van der Waals surface area (Å²) >= 11 is 0. The van der Waals surface area contributed by atoms with Crippen LogP contribution in [0.3, 0.4) is 0 Å². The topological polar surface area (TPSA) is 219 Å². The van der Waals surface area contributed by atoms with Gasteiger partial charge in [0.2, 0.25) is 11.8 Å². The van der Waals surface area contributed by atoms with E-state index < -0.39 is 46.8 Å². The van der Waals surface area contributed by atoms with Gasteiger partial charge in [-0.2, -0.15) is 0 Å². The molecule has 212 valence electrons. The molecule has 0 aromatic rings. The molecule has 13 heteroatoms. The molecule has 2 amide bonds. The van der Waals surface area contributed by atoms with Crippen LogP contribution in [0.25, 0.3) is 0 Å². The summed E-state index contributed by atoms with van der Waals surface area (Å²) in [6, 6.07) is 0. The molecule has 0 radical (unpaired) electrons. The molecule has 0 aliphatic rings. The average Bonchev–Trinajstić information content (AvgIpc) is 2.81. The quantitative estimate of drug-likeness (QED) is 0.0747. The van der Waals surface area contributed by atoms with Crippen molar-refractivity contribution in [2.24, 2.45) is 10.8 Å². The number of carboxylic acid groups (broad SMARTS) is 2. The third-order valence-corrected chi connectivity index (χ3v) is 5.51. The van der Waals surface area contributed by atoms with Crippen molar-refractivity contribution in [1.82, 2.24) is 10.6 Å². The Labute approximate surface area is 249 Å².